The third kappa shape index (κ3) is 11.7. The summed E-state index contributed by atoms with van der Waals surface area (Å²) >= 11 is 0. The second kappa shape index (κ2) is 18.0. The molecule has 1 aliphatic heterocycles. The molecule has 6 heteroatoms. The molecule has 0 radical (unpaired) electrons. The van der Waals surface area contributed by atoms with Crippen molar-refractivity contribution in [3.05, 3.63) is 108 Å². The van der Waals surface area contributed by atoms with Crippen molar-refractivity contribution < 1.29 is 9.53 Å². The minimum Gasteiger partial charge on any atom is -0.444 e. The van der Waals surface area contributed by atoms with Gasteiger partial charge in [-0.25, -0.2) is 4.79 Å². The molecule has 0 fully saturated rings. The SMILES string of the molecule is C=C/C=C(C#N)\C=C(/C=C)N1C=C(/C(=C\C)CC(C)C)C(=C(/C(=C)C)C(=C)CCCN(CC(C)C)C(=O)OC(C)(C)C)/C1=N\C. The van der Waals surface area contributed by atoms with Crippen LogP contribution in [0.5, 0.6) is 0 Å². The largest absolute Gasteiger partial charge is 0.444 e. The molecular formula is C39H56N4O2. The molecule has 0 aromatic heterocycles. The molecule has 0 aromatic carbocycles. The molecular weight excluding hydrogens is 556 g/mol. The van der Waals surface area contributed by atoms with E-state index in [9.17, 15) is 10.1 Å². The minimum absolute atomic E-state index is 0.297. The molecule has 0 aliphatic carbocycles. The van der Waals surface area contributed by atoms with Crippen LogP contribution in [0.1, 0.15) is 81.6 Å². The van der Waals surface area contributed by atoms with Gasteiger partial charge in [0.25, 0.3) is 0 Å². The van der Waals surface area contributed by atoms with Crippen LogP contribution >= 0.6 is 0 Å². The van der Waals surface area contributed by atoms with Gasteiger partial charge in [-0.15, -0.1) is 0 Å². The molecule has 0 unspecified atom stereocenters. The summed E-state index contributed by atoms with van der Waals surface area (Å²) < 4.78 is 5.70. The summed E-state index contributed by atoms with van der Waals surface area (Å²) in [7, 11) is 1.77. The predicted octanol–water partition coefficient (Wildman–Crippen LogP) is 10.0. The third-order valence-electron chi connectivity index (χ3n) is 6.91. The Bertz CT molecular complexity index is 1360. The lowest BCUT2D eigenvalue weighted by atomic mass is 9.85. The van der Waals surface area contributed by atoms with Crippen molar-refractivity contribution >= 4 is 11.9 Å². The zero-order chi connectivity index (χ0) is 34.5. The fourth-order valence-electron chi connectivity index (χ4n) is 5.18. The van der Waals surface area contributed by atoms with Gasteiger partial charge in [-0.3, -0.25) is 4.99 Å². The lowest BCUT2D eigenvalue weighted by molar-refractivity contribution is 0.0226. The van der Waals surface area contributed by atoms with Gasteiger partial charge in [0.2, 0.25) is 0 Å². The van der Waals surface area contributed by atoms with Crippen LogP contribution < -0.4 is 0 Å². The first-order valence-corrected chi connectivity index (χ1v) is 15.8. The van der Waals surface area contributed by atoms with E-state index in [1.807, 2.05) is 32.6 Å². The summed E-state index contributed by atoms with van der Waals surface area (Å²) in [5.41, 5.74) is 6.54. The number of carbonyl (C=O) groups excluding carboxylic acids is 1. The summed E-state index contributed by atoms with van der Waals surface area (Å²) in [6.07, 6.45) is 13.0. The van der Waals surface area contributed by atoms with E-state index >= 15 is 0 Å². The summed E-state index contributed by atoms with van der Waals surface area (Å²) in [5.74, 6) is 1.47. The Kier molecular flexibility index (Phi) is 15.6. The molecule has 45 heavy (non-hydrogen) atoms. The van der Waals surface area contributed by atoms with Crippen molar-refractivity contribution in [2.24, 2.45) is 16.8 Å². The quantitative estimate of drug-likeness (QED) is 0.136. The van der Waals surface area contributed by atoms with Gasteiger partial charge >= 0.3 is 6.09 Å². The van der Waals surface area contributed by atoms with Gasteiger partial charge in [-0.2, -0.15) is 5.26 Å². The summed E-state index contributed by atoms with van der Waals surface area (Å²) in [6, 6.07) is 2.22. The van der Waals surface area contributed by atoms with E-state index in [1.165, 1.54) is 5.57 Å². The van der Waals surface area contributed by atoms with Crippen molar-refractivity contribution in [3.8, 4) is 6.07 Å². The van der Waals surface area contributed by atoms with Crippen molar-refractivity contribution in [1.29, 1.82) is 5.26 Å². The van der Waals surface area contributed by atoms with Crippen LogP contribution in [0.15, 0.2) is 113 Å². The average Bonchev–Trinajstić information content (AvgIpc) is 3.30. The number of hydrogen-bond acceptors (Lipinski definition) is 4. The number of ether oxygens (including phenoxy) is 1. The van der Waals surface area contributed by atoms with Crippen molar-refractivity contribution in [3.63, 3.8) is 0 Å². The van der Waals surface area contributed by atoms with Crippen LogP contribution in [-0.2, 0) is 4.74 Å². The summed E-state index contributed by atoms with van der Waals surface area (Å²) in [6.45, 7) is 36.2. The highest BCUT2D eigenvalue weighted by Crippen LogP contribution is 2.40. The van der Waals surface area contributed by atoms with E-state index in [2.05, 4.69) is 79.3 Å². The number of amides is 1. The molecule has 1 amide bonds. The molecule has 0 bridgehead atoms. The highest BCUT2D eigenvalue weighted by atomic mass is 16.6. The van der Waals surface area contributed by atoms with Crippen LogP contribution in [0.3, 0.4) is 0 Å². The zero-order valence-corrected chi connectivity index (χ0v) is 29.6. The highest BCUT2D eigenvalue weighted by molar-refractivity contribution is 6.09. The molecule has 1 heterocycles. The summed E-state index contributed by atoms with van der Waals surface area (Å²) in [5, 5.41) is 9.71. The van der Waals surface area contributed by atoms with E-state index in [0.717, 1.165) is 40.1 Å². The van der Waals surface area contributed by atoms with Gasteiger partial charge in [-0.05, 0) is 101 Å². The Balaban J connectivity index is 3.73. The first kappa shape index (κ1) is 38.9. The van der Waals surface area contributed by atoms with E-state index < -0.39 is 5.60 Å². The Morgan fingerprint density at radius 3 is 2.27 bits per heavy atom. The smallest absolute Gasteiger partial charge is 0.410 e. The molecule has 1 aliphatic rings. The van der Waals surface area contributed by atoms with Gasteiger partial charge in [0.1, 0.15) is 11.4 Å². The van der Waals surface area contributed by atoms with Gasteiger partial charge in [0.15, 0.2) is 0 Å². The number of nitriles is 1. The monoisotopic (exact) mass is 612 g/mol. The first-order chi connectivity index (χ1) is 21.0. The van der Waals surface area contributed by atoms with Gasteiger partial charge in [0.05, 0.1) is 11.6 Å². The van der Waals surface area contributed by atoms with Crippen LogP contribution in [-0.4, -0.2) is 47.5 Å². The Morgan fingerprint density at radius 1 is 1.18 bits per heavy atom. The van der Waals surface area contributed by atoms with E-state index in [4.69, 9.17) is 9.73 Å². The van der Waals surface area contributed by atoms with Crippen LogP contribution in [0.4, 0.5) is 4.79 Å². The Labute approximate surface area is 273 Å². The van der Waals surface area contributed by atoms with Crippen molar-refractivity contribution in [1.82, 2.24) is 9.80 Å². The number of rotatable bonds is 15. The maximum atomic E-state index is 13.0. The molecule has 244 valence electrons. The van der Waals surface area contributed by atoms with E-state index in [-0.39, 0.29) is 6.09 Å². The third-order valence-corrected chi connectivity index (χ3v) is 6.91. The Hall–Kier alpha value is -4.11. The second-order valence-electron chi connectivity index (χ2n) is 13.2. The number of hydrogen-bond donors (Lipinski definition) is 0. The van der Waals surface area contributed by atoms with Crippen LogP contribution in [0.2, 0.25) is 0 Å². The fraction of sp³-hybridized carbons (Fsp3) is 0.462. The van der Waals surface area contributed by atoms with E-state index in [0.29, 0.717) is 49.0 Å². The van der Waals surface area contributed by atoms with Gasteiger partial charge in [0, 0.05) is 43.2 Å². The highest BCUT2D eigenvalue weighted by Gasteiger charge is 2.33. The minimum atomic E-state index is -0.560. The van der Waals surface area contributed by atoms with Gasteiger partial charge in [-0.1, -0.05) is 71.7 Å². The molecule has 0 N–H and O–H groups in total. The van der Waals surface area contributed by atoms with Crippen LogP contribution in [0.25, 0.3) is 0 Å². The predicted molar refractivity (Wildman–Crippen MR) is 192 cm³/mol. The number of carbonyl (C=O) groups is 1. The molecule has 0 saturated heterocycles. The normalized spacial score (nSPS) is 16.5. The topological polar surface area (TPSA) is 68.9 Å². The number of allylic oxidation sites excluding steroid dienone is 10. The maximum Gasteiger partial charge on any atom is 0.410 e. The molecule has 6 nitrogen and oxygen atoms in total. The molecule has 0 spiro atoms. The fourth-order valence-corrected chi connectivity index (χ4v) is 5.18. The first-order valence-electron chi connectivity index (χ1n) is 15.8. The summed E-state index contributed by atoms with van der Waals surface area (Å²) in [4.78, 5) is 21.5. The van der Waals surface area contributed by atoms with Crippen molar-refractivity contribution in [2.75, 3.05) is 20.1 Å². The van der Waals surface area contributed by atoms with Crippen LogP contribution in [0, 0.1) is 23.2 Å². The molecule has 1 rings (SSSR count). The Morgan fingerprint density at radius 2 is 1.82 bits per heavy atom. The maximum absolute atomic E-state index is 13.0. The lowest BCUT2D eigenvalue weighted by Gasteiger charge is -2.29. The number of amidine groups is 1. The standard InChI is InChI=1S/C39H56N4O2/c1-15-19-31(24-40)23-33(17-3)43-26-34(32(16-2)22-27(4)5)36(37(43)41-14)35(29(8)9)30(10)20-18-21-42(25-28(6)7)38(44)45-39(11,12)13/h15-17,19,23,26-28H,1,3,8,10,18,20-22,25H2,2,4-7,9,11-14H3/b31-19+,32-16-,33-23+,36-35+,41-37+. The second-order valence-corrected chi connectivity index (χ2v) is 13.2. The number of aliphatic imine (C=N–C) groups is 1. The molecule has 0 aromatic rings. The number of nitrogens with zero attached hydrogens (tertiary/aromatic N) is 4. The van der Waals surface area contributed by atoms with Gasteiger partial charge < -0.3 is 14.5 Å². The molecule has 0 saturated carbocycles. The van der Waals surface area contributed by atoms with Crippen molar-refractivity contribution in [2.45, 2.75) is 87.2 Å². The lowest BCUT2D eigenvalue weighted by Crippen LogP contribution is -2.39. The average molecular weight is 613 g/mol. The zero-order valence-electron chi connectivity index (χ0n) is 29.6. The molecule has 0 atom stereocenters. The van der Waals surface area contributed by atoms with E-state index in [1.54, 1.807) is 36.3 Å².